The molecule has 0 aromatic carbocycles. The molecular weight excluding hydrogens is 618 g/mol. The summed E-state index contributed by atoms with van der Waals surface area (Å²) in [5.74, 6) is -1.66. The summed E-state index contributed by atoms with van der Waals surface area (Å²) in [5.41, 5.74) is 0.454. The number of halogens is 2. The third kappa shape index (κ3) is 8.77. The number of piperidine rings is 1. The van der Waals surface area contributed by atoms with E-state index in [1.54, 1.807) is 25.5 Å². The van der Waals surface area contributed by atoms with Crippen LogP contribution in [0.1, 0.15) is 43.4 Å². The van der Waals surface area contributed by atoms with Crippen molar-refractivity contribution in [1.29, 1.82) is 0 Å². The largest absolute Gasteiger partial charge is 1.00 e. The second kappa shape index (κ2) is 14.4. The number of amides is 1. The molecule has 2 atom stereocenters. The molecule has 5 heterocycles. The fourth-order valence-corrected chi connectivity index (χ4v) is 5.42. The van der Waals surface area contributed by atoms with Gasteiger partial charge in [-0.15, -0.1) is 0 Å². The Morgan fingerprint density at radius 1 is 1.02 bits per heavy atom. The van der Waals surface area contributed by atoms with Gasteiger partial charge in [0.05, 0.1) is 23.8 Å². The number of carbonyl (C=O) groups excluding carboxylic acids is 4. The Kier molecular flexibility index (Phi) is 11.0. The first-order chi connectivity index (χ1) is 21.3. The van der Waals surface area contributed by atoms with Gasteiger partial charge in [-0.05, 0) is 13.3 Å². The van der Waals surface area contributed by atoms with Crippen molar-refractivity contribution in [3.8, 4) is 0 Å². The summed E-state index contributed by atoms with van der Waals surface area (Å²) in [6.45, 7) is 9.15. The number of imidazole rings is 1. The van der Waals surface area contributed by atoms with E-state index in [1.165, 1.54) is 16.7 Å². The SMILES string of the molecule is CC(=O)O[B-](OC(C)=O)OC(C)=O.Cc1cn2cc(NC(=O)c3cnc(N4CC(CN5CC6C[C@]6(F)C5)C4)cn3)cc(F)c2n1.[Na+]. The van der Waals surface area contributed by atoms with Crippen molar-refractivity contribution in [3.05, 3.63) is 48.1 Å². The minimum atomic E-state index is -1.59. The van der Waals surface area contributed by atoms with Crippen molar-refractivity contribution in [2.45, 2.75) is 39.8 Å². The van der Waals surface area contributed by atoms with Crippen LogP contribution in [-0.4, -0.2) is 93.8 Å². The second-order valence-corrected chi connectivity index (χ2v) is 11.4. The molecule has 14 nitrogen and oxygen atoms in total. The molecule has 1 aliphatic carbocycles. The molecule has 1 N–H and O–H groups in total. The van der Waals surface area contributed by atoms with Crippen LogP contribution in [0.5, 0.6) is 0 Å². The number of rotatable bonds is 8. The molecule has 0 bridgehead atoms. The van der Waals surface area contributed by atoms with Gasteiger partial charge in [-0.25, -0.2) is 23.7 Å². The van der Waals surface area contributed by atoms with Gasteiger partial charge in [0.1, 0.15) is 17.2 Å². The van der Waals surface area contributed by atoms with Gasteiger partial charge in [-0.1, -0.05) is 0 Å². The third-order valence-corrected chi connectivity index (χ3v) is 7.46. The maximum Gasteiger partial charge on any atom is 1.00 e. The molecule has 6 rings (SSSR count). The van der Waals surface area contributed by atoms with Crippen molar-refractivity contribution in [2.24, 2.45) is 11.8 Å². The van der Waals surface area contributed by atoms with Gasteiger partial charge < -0.3 is 28.6 Å². The van der Waals surface area contributed by atoms with Gasteiger partial charge in [-0.2, -0.15) is 0 Å². The van der Waals surface area contributed by atoms with Crippen LogP contribution >= 0.6 is 0 Å². The quantitative estimate of drug-likeness (QED) is 0.296. The van der Waals surface area contributed by atoms with Crippen molar-refractivity contribution in [1.82, 2.24) is 24.3 Å². The fraction of sp³-hybridized carbons (Fsp3) is 0.464. The van der Waals surface area contributed by atoms with Gasteiger partial charge >= 0.3 is 36.9 Å². The number of carbonyl (C=O) groups is 4. The Hall–Kier alpha value is -3.67. The van der Waals surface area contributed by atoms with E-state index >= 15 is 0 Å². The maximum atomic E-state index is 14.2. The molecule has 3 aromatic rings. The van der Waals surface area contributed by atoms with Crippen molar-refractivity contribution < 1.29 is 71.5 Å². The summed E-state index contributed by atoms with van der Waals surface area (Å²) in [6.07, 6.45) is 7.03. The van der Waals surface area contributed by atoms with Crippen LogP contribution in [0.25, 0.3) is 5.65 Å². The Labute approximate surface area is 285 Å². The number of hydrogen-bond donors (Lipinski definition) is 1. The van der Waals surface area contributed by atoms with E-state index in [0.29, 0.717) is 29.7 Å². The zero-order chi connectivity index (χ0) is 32.5. The summed E-state index contributed by atoms with van der Waals surface area (Å²) in [5, 5.41) is 2.65. The van der Waals surface area contributed by atoms with E-state index in [-0.39, 0.29) is 46.8 Å². The smallest absolute Gasteiger partial charge is 0.642 e. The molecule has 1 radical (unpaired) electrons. The first kappa shape index (κ1) is 35.2. The topological polar surface area (TPSA) is 158 Å². The molecular formula is C28H32BF2N7NaO7. The molecule has 3 fully saturated rings. The summed E-state index contributed by atoms with van der Waals surface area (Å²) in [4.78, 5) is 60.8. The molecule has 0 spiro atoms. The molecule has 239 valence electrons. The zero-order valence-electron chi connectivity index (χ0n) is 26.2. The van der Waals surface area contributed by atoms with Gasteiger partial charge in [0.2, 0.25) is 0 Å². The molecule has 18 heteroatoms. The van der Waals surface area contributed by atoms with Crippen LogP contribution < -0.4 is 39.8 Å². The zero-order valence-corrected chi connectivity index (χ0v) is 28.2. The number of nitrogens with one attached hydrogen (secondary N) is 1. The summed E-state index contributed by atoms with van der Waals surface area (Å²) in [6, 6.07) is 1.23. The van der Waals surface area contributed by atoms with Gasteiger partial charge in [0.25, 0.3) is 23.8 Å². The summed E-state index contributed by atoms with van der Waals surface area (Å²) >= 11 is 0. The predicted octanol–water partition coefficient (Wildman–Crippen LogP) is -1.03. The molecule has 3 aromatic heterocycles. The average Bonchev–Trinajstić information content (AvgIpc) is 3.20. The minimum Gasteiger partial charge on any atom is -0.642 e. The van der Waals surface area contributed by atoms with E-state index in [1.807, 2.05) is 0 Å². The van der Waals surface area contributed by atoms with Crippen LogP contribution in [-0.2, 0) is 28.3 Å². The van der Waals surface area contributed by atoms with Crippen molar-refractivity contribution in [3.63, 3.8) is 0 Å². The van der Waals surface area contributed by atoms with Crippen LogP contribution in [0.15, 0.2) is 30.9 Å². The Morgan fingerprint density at radius 3 is 2.22 bits per heavy atom. The monoisotopic (exact) mass is 650 g/mol. The van der Waals surface area contributed by atoms with Gasteiger partial charge in [0.15, 0.2) is 11.5 Å². The normalized spacial score (nSPS) is 20.1. The maximum absolute atomic E-state index is 14.2. The van der Waals surface area contributed by atoms with Gasteiger partial charge in [-0.3, -0.25) is 24.1 Å². The number of likely N-dealkylation sites (tertiary alicyclic amines) is 1. The van der Waals surface area contributed by atoms with Crippen molar-refractivity contribution in [2.75, 3.05) is 42.9 Å². The first-order valence-corrected chi connectivity index (χ1v) is 14.2. The van der Waals surface area contributed by atoms with Crippen LogP contribution in [0.4, 0.5) is 20.3 Å². The number of aryl methyl sites for hydroxylation is 1. The Morgan fingerprint density at radius 2 is 1.67 bits per heavy atom. The first-order valence-electron chi connectivity index (χ1n) is 14.2. The standard InChI is InChI=1S/C22H23F2N7O.C6H9BO6.Na/c1-13-6-31-11-16(2-17(23)20(31)27-13)28-21(32)18-4-26-19(5-25-18)30-8-14(9-30)7-29-10-15-3-22(15,24)12-29;1-4(8)11-7(12-5(2)9)13-6(3)10;/h2,4-6,11,14-15H,3,7-10,12H2,1H3,(H,28,32);1-3H3;/q;-1;+1/t15?,22-;;/m0../s1. The Balaban J connectivity index is 0.000000295. The van der Waals surface area contributed by atoms with Gasteiger partial charge in [0, 0.05) is 83.8 Å². The molecule has 46 heavy (non-hydrogen) atoms. The average molecular weight is 650 g/mol. The molecule has 1 unspecified atom stereocenters. The number of nitrogens with zero attached hydrogens (tertiary/aromatic N) is 6. The molecule has 2 saturated heterocycles. The van der Waals surface area contributed by atoms with Crippen LogP contribution in [0.2, 0.25) is 0 Å². The number of aromatic nitrogens is 4. The second-order valence-electron chi connectivity index (χ2n) is 11.4. The van der Waals surface area contributed by atoms with Crippen molar-refractivity contribution >= 4 is 48.3 Å². The van der Waals surface area contributed by atoms with Crippen LogP contribution in [0, 0.1) is 24.6 Å². The van der Waals surface area contributed by atoms with E-state index in [9.17, 15) is 28.0 Å². The molecule has 1 amide bonds. The predicted molar refractivity (Wildman–Crippen MR) is 155 cm³/mol. The summed E-state index contributed by atoms with van der Waals surface area (Å²) < 4.78 is 42.8. The Bertz CT molecular complexity index is 1590. The van der Waals surface area contributed by atoms with E-state index in [0.717, 1.165) is 53.4 Å². The van der Waals surface area contributed by atoms with E-state index in [4.69, 9.17) is 0 Å². The number of fused-ring (bicyclic) bond motifs is 2. The third-order valence-electron chi connectivity index (χ3n) is 7.46. The molecule has 2 aliphatic heterocycles. The van der Waals surface area contributed by atoms with Crippen LogP contribution in [0.3, 0.4) is 0 Å². The minimum absolute atomic E-state index is 0. The number of alkyl halides is 1. The number of hydrogen-bond acceptors (Lipinski definition) is 12. The molecule has 1 saturated carbocycles. The number of pyridine rings is 1. The van der Waals surface area contributed by atoms with E-state index < -0.39 is 42.6 Å². The molecule has 3 aliphatic rings. The summed E-state index contributed by atoms with van der Waals surface area (Å²) in [7, 11) is -1.59. The van der Waals surface area contributed by atoms with E-state index in [2.05, 4.69) is 44.0 Å². The fourth-order valence-electron chi connectivity index (χ4n) is 5.42. The number of anilines is 2.